The Labute approximate surface area is 125 Å². The maximum Gasteiger partial charge on any atom is 0.305 e. The van der Waals surface area contributed by atoms with E-state index in [4.69, 9.17) is 5.11 Å². The number of nitrogens with one attached hydrogen (secondary N) is 1. The van der Waals surface area contributed by atoms with Crippen LogP contribution < -0.4 is 5.32 Å². The molecule has 0 spiro atoms. The Balaban J connectivity index is 2.99. The van der Waals surface area contributed by atoms with E-state index in [1.807, 2.05) is 27.7 Å². The average Bonchev–Trinajstić information content (AvgIpc) is 2.24. The number of Topliss-reactive ketones (excluding diaryl/α,β-unsaturated/α-hetero) is 2. The van der Waals surface area contributed by atoms with Gasteiger partial charge in [-0.25, -0.2) is 0 Å². The fraction of sp³-hybridized carbons (Fsp3) is 0.688. The molecule has 21 heavy (non-hydrogen) atoms. The van der Waals surface area contributed by atoms with Crippen molar-refractivity contribution in [2.24, 2.45) is 11.3 Å². The van der Waals surface area contributed by atoms with E-state index in [2.05, 4.69) is 5.32 Å². The summed E-state index contributed by atoms with van der Waals surface area (Å²) < 4.78 is 0. The van der Waals surface area contributed by atoms with E-state index < -0.39 is 5.97 Å². The van der Waals surface area contributed by atoms with E-state index in [-0.39, 0.29) is 41.4 Å². The second-order valence-electron chi connectivity index (χ2n) is 6.89. The Hall–Kier alpha value is -1.65. The third kappa shape index (κ3) is 5.33. The highest BCUT2D eigenvalue weighted by molar-refractivity contribution is 6.22. The third-order valence-electron chi connectivity index (χ3n) is 3.43. The van der Waals surface area contributed by atoms with Gasteiger partial charge in [0.15, 0.2) is 11.6 Å². The third-order valence-corrected chi connectivity index (χ3v) is 3.43. The molecule has 1 fully saturated rings. The van der Waals surface area contributed by atoms with Crippen LogP contribution >= 0.6 is 0 Å². The zero-order valence-corrected chi connectivity index (χ0v) is 13.3. The van der Waals surface area contributed by atoms with Crippen LogP contribution in [0.4, 0.5) is 0 Å². The van der Waals surface area contributed by atoms with Gasteiger partial charge in [0.2, 0.25) is 0 Å². The quantitative estimate of drug-likeness (QED) is 0.580. The van der Waals surface area contributed by atoms with E-state index in [1.54, 1.807) is 0 Å². The largest absolute Gasteiger partial charge is 0.481 e. The number of carbonyl (C=O) groups excluding carboxylic acids is 2. The van der Waals surface area contributed by atoms with Gasteiger partial charge in [-0.3, -0.25) is 14.4 Å². The van der Waals surface area contributed by atoms with E-state index in [1.165, 1.54) is 0 Å². The highest BCUT2D eigenvalue weighted by atomic mass is 16.4. The van der Waals surface area contributed by atoms with Crippen molar-refractivity contribution in [3.63, 3.8) is 0 Å². The Morgan fingerprint density at radius 2 is 1.76 bits per heavy atom. The number of aliphatic carboxylic acids is 1. The lowest BCUT2D eigenvalue weighted by Crippen LogP contribution is -2.35. The summed E-state index contributed by atoms with van der Waals surface area (Å²) in [6.07, 6.45) is 1.25. The van der Waals surface area contributed by atoms with Crippen LogP contribution in [-0.4, -0.2) is 29.2 Å². The Morgan fingerprint density at radius 1 is 1.24 bits per heavy atom. The molecule has 0 atom stereocenters. The van der Waals surface area contributed by atoms with Crippen LogP contribution in [0.25, 0.3) is 0 Å². The first kappa shape index (κ1) is 17.4. The molecular weight excluding hydrogens is 270 g/mol. The van der Waals surface area contributed by atoms with E-state index >= 15 is 0 Å². The molecule has 0 aromatic carbocycles. The fourth-order valence-electron chi connectivity index (χ4n) is 2.59. The Bertz CT molecular complexity index is 453. The maximum atomic E-state index is 12.3. The number of carbonyl (C=O) groups is 3. The van der Waals surface area contributed by atoms with Gasteiger partial charge in [-0.2, -0.15) is 0 Å². The molecule has 1 saturated carbocycles. The summed E-state index contributed by atoms with van der Waals surface area (Å²) in [4.78, 5) is 35.2. The monoisotopic (exact) mass is 295 g/mol. The van der Waals surface area contributed by atoms with Crippen molar-refractivity contribution in [1.29, 1.82) is 0 Å². The topological polar surface area (TPSA) is 83.5 Å². The molecule has 1 aliphatic rings. The first-order chi connectivity index (χ1) is 9.62. The number of hydrogen-bond acceptors (Lipinski definition) is 4. The second-order valence-corrected chi connectivity index (χ2v) is 6.89. The molecule has 2 N–H and O–H groups in total. The van der Waals surface area contributed by atoms with Gasteiger partial charge in [0.1, 0.15) is 0 Å². The van der Waals surface area contributed by atoms with Crippen molar-refractivity contribution < 1.29 is 19.5 Å². The summed E-state index contributed by atoms with van der Waals surface area (Å²) in [5.41, 5.74) is 0.576. The van der Waals surface area contributed by atoms with Gasteiger partial charge in [0.25, 0.3) is 0 Å². The Kier molecular flexibility index (Phi) is 5.70. The summed E-state index contributed by atoms with van der Waals surface area (Å²) >= 11 is 0. The standard InChI is InChI=1S/C16H25NO4/c1-10(2)7-11(17-6-5-14(20)21)15-12(18)8-16(3,4)9-13(15)19/h10,17H,5-9H2,1-4H3,(H,20,21). The normalized spacial score (nSPS) is 18.0. The molecule has 5 heteroatoms. The molecule has 0 aromatic rings. The van der Waals surface area contributed by atoms with Crippen LogP contribution in [0.2, 0.25) is 0 Å². The van der Waals surface area contributed by atoms with Gasteiger partial charge in [-0.05, 0) is 17.8 Å². The lowest BCUT2D eigenvalue weighted by molar-refractivity contribution is -0.136. The predicted molar refractivity (Wildman–Crippen MR) is 79.8 cm³/mol. The average molecular weight is 295 g/mol. The zero-order chi connectivity index (χ0) is 16.2. The molecule has 1 aliphatic carbocycles. The number of carboxylic acids is 1. The van der Waals surface area contributed by atoms with Crippen LogP contribution in [0, 0.1) is 11.3 Å². The van der Waals surface area contributed by atoms with Crippen LogP contribution in [0.1, 0.15) is 53.4 Å². The first-order valence-electron chi connectivity index (χ1n) is 7.37. The Morgan fingerprint density at radius 3 is 2.19 bits per heavy atom. The minimum Gasteiger partial charge on any atom is -0.481 e. The van der Waals surface area contributed by atoms with Gasteiger partial charge >= 0.3 is 5.97 Å². The molecule has 5 nitrogen and oxygen atoms in total. The van der Waals surface area contributed by atoms with Gasteiger partial charge in [-0.1, -0.05) is 27.7 Å². The summed E-state index contributed by atoms with van der Waals surface area (Å²) in [6.45, 7) is 8.06. The molecule has 0 aromatic heterocycles. The second kappa shape index (κ2) is 6.87. The molecule has 0 unspecified atom stereocenters. The summed E-state index contributed by atoms with van der Waals surface area (Å²) in [5.74, 6) is -0.886. The SMILES string of the molecule is CC(C)CC(NCCC(=O)O)=C1C(=O)CC(C)(C)CC1=O. The van der Waals surface area contributed by atoms with Crippen molar-refractivity contribution in [2.45, 2.75) is 53.4 Å². The molecule has 0 heterocycles. The number of ketones is 2. The molecule has 0 amide bonds. The van der Waals surface area contributed by atoms with Crippen molar-refractivity contribution in [3.8, 4) is 0 Å². The van der Waals surface area contributed by atoms with Crippen LogP contribution in [0.3, 0.4) is 0 Å². The lowest BCUT2D eigenvalue weighted by Gasteiger charge is -2.30. The predicted octanol–water partition coefficient (Wildman–Crippen LogP) is 2.31. The van der Waals surface area contributed by atoms with Crippen molar-refractivity contribution in [2.75, 3.05) is 6.54 Å². The highest BCUT2D eigenvalue weighted by Gasteiger charge is 2.37. The highest BCUT2D eigenvalue weighted by Crippen LogP contribution is 2.35. The van der Waals surface area contributed by atoms with E-state index in [0.29, 0.717) is 25.0 Å². The maximum absolute atomic E-state index is 12.3. The van der Waals surface area contributed by atoms with Crippen LogP contribution in [0.5, 0.6) is 0 Å². The van der Waals surface area contributed by atoms with Gasteiger partial charge < -0.3 is 10.4 Å². The number of hydrogen-bond donors (Lipinski definition) is 2. The van der Waals surface area contributed by atoms with Crippen molar-refractivity contribution in [1.82, 2.24) is 5.32 Å². The van der Waals surface area contributed by atoms with Crippen molar-refractivity contribution >= 4 is 17.5 Å². The summed E-state index contributed by atoms with van der Waals surface area (Å²) in [6, 6.07) is 0. The van der Waals surface area contributed by atoms with Crippen molar-refractivity contribution in [3.05, 3.63) is 11.3 Å². The molecule has 118 valence electrons. The first-order valence-corrected chi connectivity index (χ1v) is 7.37. The molecular formula is C16H25NO4. The lowest BCUT2D eigenvalue weighted by atomic mass is 9.73. The van der Waals surface area contributed by atoms with Gasteiger partial charge in [0.05, 0.1) is 12.0 Å². The van der Waals surface area contributed by atoms with Crippen LogP contribution in [-0.2, 0) is 14.4 Å². The summed E-state index contributed by atoms with van der Waals surface area (Å²) in [5, 5.41) is 11.7. The number of allylic oxidation sites excluding steroid dienone is 2. The number of carboxylic acid groups (broad SMARTS) is 1. The van der Waals surface area contributed by atoms with E-state index in [9.17, 15) is 14.4 Å². The van der Waals surface area contributed by atoms with Crippen LogP contribution in [0.15, 0.2) is 11.3 Å². The molecule has 1 rings (SSSR count). The number of rotatable bonds is 6. The van der Waals surface area contributed by atoms with E-state index in [0.717, 1.165) is 0 Å². The minimum absolute atomic E-state index is 0.0389. The molecule has 0 radical (unpaired) electrons. The smallest absolute Gasteiger partial charge is 0.305 e. The molecule has 0 saturated heterocycles. The molecule has 0 aliphatic heterocycles. The fourth-order valence-corrected chi connectivity index (χ4v) is 2.59. The zero-order valence-electron chi connectivity index (χ0n) is 13.3. The minimum atomic E-state index is -0.904. The van der Waals surface area contributed by atoms with Gasteiger partial charge in [0, 0.05) is 25.1 Å². The summed E-state index contributed by atoms with van der Waals surface area (Å²) in [7, 11) is 0. The molecule has 0 bridgehead atoms. The van der Waals surface area contributed by atoms with Gasteiger partial charge in [-0.15, -0.1) is 0 Å².